The fourth-order valence-corrected chi connectivity index (χ4v) is 0.979. The molecule has 0 bridgehead atoms. The predicted molar refractivity (Wildman–Crippen MR) is 51.5 cm³/mol. The molecule has 2 nitrogen and oxygen atoms in total. The van der Waals surface area contributed by atoms with Gasteiger partial charge in [-0.1, -0.05) is 18.2 Å². The van der Waals surface area contributed by atoms with Gasteiger partial charge in [-0.05, 0) is 31.0 Å². The SMILES string of the molecule is CC(=CCc1ccc(F)cc1)C(=O)O. The van der Waals surface area contributed by atoms with Crippen LogP contribution in [0.2, 0.25) is 0 Å². The van der Waals surface area contributed by atoms with Crippen molar-refractivity contribution in [3.63, 3.8) is 0 Å². The Morgan fingerprint density at radius 1 is 1.43 bits per heavy atom. The van der Waals surface area contributed by atoms with Crippen molar-refractivity contribution in [3.8, 4) is 0 Å². The first-order valence-electron chi connectivity index (χ1n) is 4.24. The summed E-state index contributed by atoms with van der Waals surface area (Å²) in [4.78, 5) is 10.4. The lowest BCUT2D eigenvalue weighted by atomic mass is 10.1. The summed E-state index contributed by atoms with van der Waals surface area (Å²) in [6.07, 6.45) is 2.12. The van der Waals surface area contributed by atoms with Crippen molar-refractivity contribution in [2.45, 2.75) is 13.3 Å². The fourth-order valence-electron chi connectivity index (χ4n) is 0.979. The highest BCUT2D eigenvalue weighted by atomic mass is 19.1. The van der Waals surface area contributed by atoms with E-state index in [0.29, 0.717) is 12.0 Å². The smallest absolute Gasteiger partial charge is 0.330 e. The van der Waals surface area contributed by atoms with E-state index in [0.717, 1.165) is 5.56 Å². The predicted octanol–water partition coefficient (Wildman–Crippen LogP) is 2.40. The molecule has 0 fully saturated rings. The van der Waals surface area contributed by atoms with Gasteiger partial charge in [-0.25, -0.2) is 9.18 Å². The van der Waals surface area contributed by atoms with Gasteiger partial charge in [-0.2, -0.15) is 0 Å². The Kier molecular flexibility index (Phi) is 3.40. The molecule has 1 aromatic rings. The molecular formula is C11H11FO2. The van der Waals surface area contributed by atoms with E-state index in [9.17, 15) is 9.18 Å². The summed E-state index contributed by atoms with van der Waals surface area (Å²) in [7, 11) is 0. The van der Waals surface area contributed by atoms with E-state index in [1.165, 1.54) is 19.1 Å². The van der Waals surface area contributed by atoms with Crippen LogP contribution >= 0.6 is 0 Å². The van der Waals surface area contributed by atoms with Gasteiger partial charge in [0.15, 0.2) is 0 Å². The average molecular weight is 194 g/mol. The van der Waals surface area contributed by atoms with Crippen LogP contribution in [0.5, 0.6) is 0 Å². The first kappa shape index (κ1) is 10.4. The second kappa shape index (κ2) is 4.56. The number of allylic oxidation sites excluding steroid dienone is 1. The minimum Gasteiger partial charge on any atom is -0.478 e. The van der Waals surface area contributed by atoms with Crippen LogP contribution in [-0.2, 0) is 11.2 Å². The van der Waals surface area contributed by atoms with Gasteiger partial charge in [-0.15, -0.1) is 0 Å². The van der Waals surface area contributed by atoms with Crippen molar-refractivity contribution in [3.05, 3.63) is 47.3 Å². The summed E-state index contributed by atoms with van der Waals surface area (Å²) in [5.74, 6) is -1.21. The van der Waals surface area contributed by atoms with Crippen LogP contribution in [0.25, 0.3) is 0 Å². The number of carboxylic acid groups (broad SMARTS) is 1. The molecule has 1 rings (SSSR count). The maximum absolute atomic E-state index is 12.5. The van der Waals surface area contributed by atoms with Crippen LogP contribution in [0.1, 0.15) is 12.5 Å². The van der Waals surface area contributed by atoms with E-state index in [1.807, 2.05) is 0 Å². The van der Waals surface area contributed by atoms with Gasteiger partial charge in [0.05, 0.1) is 0 Å². The highest BCUT2D eigenvalue weighted by molar-refractivity contribution is 5.85. The molecule has 74 valence electrons. The maximum atomic E-state index is 12.5. The summed E-state index contributed by atoms with van der Waals surface area (Å²) < 4.78 is 12.5. The molecule has 1 aromatic carbocycles. The third kappa shape index (κ3) is 3.01. The fraction of sp³-hybridized carbons (Fsp3) is 0.182. The number of benzene rings is 1. The molecule has 0 atom stereocenters. The number of carbonyl (C=O) groups is 1. The Labute approximate surface area is 81.7 Å². The van der Waals surface area contributed by atoms with Crippen LogP contribution in [0.3, 0.4) is 0 Å². The zero-order chi connectivity index (χ0) is 10.6. The van der Waals surface area contributed by atoms with Gasteiger partial charge in [0.2, 0.25) is 0 Å². The van der Waals surface area contributed by atoms with Crippen LogP contribution in [0.15, 0.2) is 35.9 Å². The molecule has 0 aliphatic heterocycles. The van der Waals surface area contributed by atoms with E-state index in [2.05, 4.69) is 0 Å². The van der Waals surface area contributed by atoms with Crippen molar-refractivity contribution >= 4 is 5.97 Å². The molecule has 0 aromatic heterocycles. The first-order valence-corrected chi connectivity index (χ1v) is 4.24. The van der Waals surface area contributed by atoms with Crippen LogP contribution in [-0.4, -0.2) is 11.1 Å². The molecule has 14 heavy (non-hydrogen) atoms. The summed E-state index contributed by atoms with van der Waals surface area (Å²) in [6.45, 7) is 1.53. The van der Waals surface area contributed by atoms with E-state index < -0.39 is 5.97 Å². The minimum absolute atomic E-state index is 0.285. The third-order valence-corrected chi connectivity index (χ3v) is 1.89. The van der Waals surface area contributed by atoms with Gasteiger partial charge in [0.1, 0.15) is 5.82 Å². The zero-order valence-corrected chi connectivity index (χ0v) is 7.83. The normalized spacial score (nSPS) is 11.4. The average Bonchev–Trinajstić information content (AvgIpc) is 2.16. The molecule has 0 aliphatic carbocycles. The highest BCUT2D eigenvalue weighted by Crippen LogP contribution is 2.05. The standard InChI is InChI=1S/C11H11FO2/c1-8(11(13)14)2-3-9-4-6-10(12)7-5-9/h2,4-7H,3H2,1H3,(H,13,14). The van der Waals surface area contributed by atoms with E-state index in [-0.39, 0.29) is 5.82 Å². The lowest BCUT2D eigenvalue weighted by Crippen LogP contribution is -1.96. The minimum atomic E-state index is -0.924. The number of hydrogen-bond acceptors (Lipinski definition) is 1. The molecule has 0 saturated heterocycles. The molecule has 0 heterocycles. The third-order valence-electron chi connectivity index (χ3n) is 1.89. The molecule has 0 radical (unpaired) electrons. The summed E-state index contributed by atoms with van der Waals surface area (Å²) in [5, 5.41) is 8.58. The number of halogens is 1. The van der Waals surface area contributed by atoms with Crippen molar-refractivity contribution in [1.82, 2.24) is 0 Å². The first-order chi connectivity index (χ1) is 6.59. The van der Waals surface area contributed by atoms with Crippen molar-refractivity contribution in [2.24, 2.45) is 0 Å². The molecule has 0 aliphatic rings. The van der Waals surface area contributed by atoms with Gasteiger partial charge in [0, 0.05) is 5.57 Å². The van der Waals surface area contributed by atoms with E-state index in [4.69, 9.17) is 5.11 Å². The number of hydrogen-bond donors (Lipinski definition) is 1. The number of rotatable bonds is 3. The van der Waals surface area contributed by atoms with Gasteiger partial charge < -0.3 is 5.11 Å². The Bertz CT molecular complexity index is 352. The Morgan fingerprint density at radius 2 is 2.00 bits per heavy atom. The summed E-state index contributed by atoms with van der Waals surface area (Å²) in [5.41, 5.74) is 1.20. The van der Waals surface area contributed by atoms with Gasteiger partial charge >= 0.3 is 5.97 Å². The second-order valence-corrected chi connectivity index (χ2v) is 3.02. The molecular weight excluding hydrogens is 183 g/mol. The number of aliphatic carboxylic acids is 1. The zero-order valence-electron chi connectivity index (χ0n) is 7.83. The van der Waals surface area contributed by atoms with Crippen molar-refractivity contribution in [2.75, 3.05) is 0 Å². The molecule has 0 spiro atoms. The summed E-state index contributed by atoms with van der Waals surface area (Å²) in [6, 6.07) is 6.00. The molecule has 0 unspecified atom stereocenters. The topological polar surface area (TPSA) is 37.3 Å². The largest absolute Gasteiger partial charge is 0.478 e. The Balaban J connectivity index is 2.66. The van der Waals surface area contributed by atoms with Crippen LogP contribution in [0, 0.1) is 5.82 Å². The van der Waals surface area contributed by atoms with Gasteiger partial charge in [-0.3, -0.25) is 0 Å². The summed E-state index contributed by atoms with van der Waals surface area (Å²) >= 11 is 0. The molecule has 0 saturated carbocycles. The maximum Gasteiger partial charge on any atom is 0.330 e. The van der Waals surface area contributed by atoms with Crippen molar-refractivity contribution < 1.29 is 14.3 Å². The van der Waals surface area contributed by atoms with E-state index in [1.54, 1.807) is 18.2 Å². The molecule has 3 heteroatoms. The monoisotopic (exact) mass is 194 g/mol. The second-order valence-electron chi connectivity index (χ2n) is 3.02. The Hall–Kier alpha value is -1.64. The van der Waals surface area contributed by atoms with Gasteiger partial charge in [0.25, 0.3) is 0 Å². The quantitative estimate of drug-likeness (QED) is 0.750. The lowest BCUT2D eigenvalue weighted by Gasteiger charge is -1.97. The highest BCUT2D eigenvalue weighted by Gasteiger charge is 1.98. The molecule has 1 N–H and O–H groups in total. The van der Waals surface area contributed by atoms with Crippen LogP contribution in [0.4, 0.5) is 4.39 Å². The molecule has 0 amide bonds. The van der Waals surface area contributed by atoms with Crippen LogP contribution < -0.4 is 0 Å². The Morgan fingerprint density at radius 3 is 2.50 bits per heavy atom. The number of carboxylic acids is 1. The van der Waals surface area contributed by atoms with Crippen molar-refractivity contribution in [1.29, 1.82) is 0 Å². The van der Waals surface area contributed by atoms with E-state index >= 15 is 0 Å². The lowest BCUT2D eigenvalue weighted by molar-refractivity contribution is -0.132.